The lowest BCUT2D eigenvalue weighted by Gasteiger charge is -2.20. The molecule has 1 N–H and O–H groups in total. The van der Waals surface area contributed by atoms with Crippen LogP contribution in [0.5, 0.6) is 0 Å². The molecule has 21 heavy (non-hydrogen) atoms. The van der Waals surface area contributed by atoms with Gasteiger partial charge in [0.05, 0.1) is 17.9 Å². The average molecular weight is 283 g/mol. The summed E-state index contributed by atoms with van der Waals surface area (Å²) in [7, 11) is 1.84. The van der Waals surface area contributed by atoms with Gasteiger partial charge in [0.25, 0.3) is 0 Å². The third kappa shape index (κ3) is 3.24. The standard InChI is InChI=1S/C16H21N5/c1-17-16(20-10-5-6-11-20)18-13-14-9-12-21(19-14)15-7-3-2-4-8-15/h2-4,7-9,12H,5-6,10-11,13H2,1H3,(H,17,18). The molecule has 0 amide bonds. The summed E-state index contributed by atoms with van der Waals surface area (Å²) in [5.74, 6) is 0.974. The number of hydrogen-bond acceptors (Lipinski definition) is 2. The van der Waals surface area contributed by atoms with Gasteiger partial charge in [-0.25, -0.2) is 4.68 Å². The fraction of sp³-hybridized carbons (Fsp3) is 0.375. The molecule has 5 nitrogen and oxygen atoms in total. The SMILES string of the molecule is CN=C(NCc1ccn(-c2ccccc2)n1)N1CCCC1. The molecule has 0 radical (unpaired) electrons. The minimum atomic E-state index is 0.697. The van der Waals surface area contributed by atoms with Crippen molar-refractivity contribution >= 4 is 5.96 Å². The second-order valence-electron chi connectivity index (χ2n) is 5.18. The van der Waals surface area contributed by atoms with Crippen LogP contribution in [0, 0.1) is 0 Å². The zero-order valence-electron chi connectivity index (χ0n) is 12.4. The Morgan fingerprint density at radius 3 is 2.67 bits per heavy atom. The number of benzene rings is 1. The van der Waals surface area contributed by atoms with Gasteiger partial charge in [-0.1, -0.05) is 18.2 Å². The maximum atomic E-state index is 4.59. The first-order chi connectivity index (χ1) is 10.4. The van der Waals surface area contributed by atoms with Crippen LogP contribution in [0.15, 0.2) is 47.6 Å². The van der Waals surface area contributed by atoms with E-state index in [4.69, 9.17) is 0 Å². The number of nitrogens with zero attached hydrogens (tertiary/aromatic N) is 4. The molecule has 1 aromatic carbocycles. The van der Waals surface area contributed by atoms with Crippen LogP contribution in [0.3, 0.4) is 0 Å². The van der Waals surface area contributed by atoms with E-state index in [9.17, 15) is 0 Å². The van der Waals surface area contributed by atoms with Crippen LogP contribution < -0.4 is 5.32 Å². The van der Waals surface area contributed by atoms with E-state index in [1.807, 2.05) is 54.3 Å². The fourth-order valence-electron chi connectivity index (χ4n) is 2.61. The summed E-state index contributed by atoms with van der Waals surface area (Å²) in [6.07, 6.45) is 4.50. The minimum Gasteiger partial charge on any atom is -0.351 e. The number of aliphatic imine (C=N–C) groups is 1. The van der Waals surface area contributed by atoms with Crippen molar-refractivity contribution in [3.63, 3.8) is 0 Å². The van der Waals surface area contributed by atoms with Gasteiger partial charge in [-0.15, -0.1) is 0 Å². The van der Waals surface area contributed by atoms with Crippen LogP contribution in [0.4, 0.5) is 0 Å². The quantitative estimate of drug-likeness (QED) is 0.692. The molecule has 0 spiro atoms. The molecule has 0 saturated carbocycles. The zero-order chi connectivity index (χ0) is 14.5. The highest BCUT2D eigenvalue weighted by molar-refractivity contribution is 5.80. The monoisotopic (exact) mass is 283 g/mol. The molecule has 2 heterocycles. The van der Waals surface area contributed by atoms with Crippen molar-refractivity contribution in [2.75, 3.05) is 20.1 Å². The number of rotatable bonds is 3. The predicted octanol–water partition coefficient (Wildman–Crippen LogP) is 2.04. The van der Waals surface area contributed by atoms with Gasteiger partial charge in [-0.3, -0.25) is 4.99 Å². The largest absolute Gasteiger partial charge is 0.351 e. The normalized spacial score (nSPS) is 15.5. The van der Waals surface area contributed by atoms with Crippen molar-refractivity contribution in [2.45, 2.75) is 19.4 Å². The number of hydrogen-bond donors (Lipinski definition) is 1. The number of guanidine groups is 1. The molecule has 110 valence electrons. The Labute approximate surface area is 125 Å². The molecular formula is C16H21N5. The molecule has 1 aromatic heterocycles. The molecule has 1 aliphatic rings. The maximum absolute atomic E-state index is 4.59. The van der Waals surface area contributed by atoms with Crippen molar-refractivity contribution in [3.8, 4) is 5.69 Å². The number of para-hydroxylation sites is 1. The van der Waals surface area contributed by atoms with Gasteiger partial charge in [0.15, 0.2) is 5.96 Å². The van der Waals surface area contributed by atoms with E-state index in [1.54, 1.807) is 0 Å². The third-order valence-electron chi connectivity index (χ3n) is 3.71. The van der Waals surface area contributed by atoms with E-state index >= 15 is 0 Å². The van der Waals surface area contributed by atoms with Crippen molar-refractivity contribution < 1.29 is 0 Å². The van der Waals surface area contributed by atoms with Crippen LogP contribution in [0.1, 0.15) is 18.5 Å². The molecule has 2 aromatic rings. The van der Waals surface area contributed by atoms with Gasteiger partial charge in [-0.05, 0) is 31.0 Å². The Morgan fingerprint density at radius 1 is 1.19 bits per heavy atom. The molecule has 3 rings (SSSR count). The minimum absolute atomic E-state index is 0.697. The topological polar surface area (TPSA) is 45.5 Å². The Morgan fingerprint density at radius 2 is 1.95 bits per heavy atom. The van der Waals surface area contributed by atoms with Gasteiger partial charge in [0.1, 0.15) is 0 Å². The number of nitrogens with one attached hydrogen (secondary N) is 1. The summed E-state index contributed by atoms with van der Waals surface area (Å²) in [5, 5.41) is 7.99. The smallest absolute Gasteiger partial charge is 0.193 e. The first-order valence-corrected chi connectivity index (χ1v) is 7.42. The second-order valence-corrected chi connectivity index (χ2v) is 5.18. The van der Waals surface area contributed by atoms with Gasteiger partial charge in [0, 0.05) is 26.3 Å². The third-order valence-corrected chi connectivity index (χ3v) is 3.71. The Balaban J connectivity index is 1.62. The van der Waals surface area contributed by atoms with E-state index in [-0.39, 0.29) is 0 Å². The molecule has 5 heteroatoms. The van der Waals surface area contributed by atoms with Gasteiger partial charge >= 0.3 is 0 Å². The zero-order valence-corrected chi connectivity index (χ0v) is 12.4. The summed E-state index contributed by atoms with van der Waals surface area (Å²) in [6.45, 7) is 2.89. The molecule has 1 aliphatic heterocycles. The molecule has 1 fully saturated rings. The first kappa shape index (κ1) is 13.7. The maximum Gasteiger partial charge on any atom is 0.193 e. The van der Waals surface area contributed by atoms with Gasteiger partial charge in [0.2, 0.25) is 0 Å². The fourth-order valence-corrected chi connectivity index (χ4v) is 2.61. The van der Waals surface area contributed by atoms with E-state index in [0.29, 0.717) is 6.54 Å². The van der Waals surface area contributed by atoms with Gasteiger partial charge in [-0.2, -0.15) is 5.10 Å². The van der Waals surface area contributed by atoms with Crippen molar-refractivity contribution in [3.05, 3.63) is 48.3 Å². The summed E-state index contributed by atoms with van der Waals surface area (Å²) in [4.78, 5) is 6.65. The molecule has 0 bridgehead atoms. The van der Waals surface area contributed by atoms with Crippen molar-refractivity contribution in [1.29, 1.82) is 0 Å². The summed E-state index contributed by atoms with van der Waals surface area (Å²) >= 11 is 0. The van der Waals surface area contributed by atoms with E-state index < -0.39 is 0 Å². The van der Waals surface area contributed by atoms with E-state index in [2.05, 4.69) is 20.3 Å². The lowest BCUT2D eigenvalue weighted by Crippen LogP contribution is -2.39. The Kier molecular flexibility index (Phi) is 4.19. The summed E-state index contributed by atoms with van der Waals surface area (Å²) in [5.41, 5.74) is 2.09. The predicted molar refractivity (Wildman–Crippen MR) is 84.6 cm³/mol. The molecule has 0 atom stereocenters. The Bertz CT molecular complexity index is 596. The highest BCUT2D eigenvalue weighted by atomic mass is 15.3. The highest BCUT2D eigenvalue weighted by Crippen LogP contribution is 2.09. The highest BCUT2D eigenvalue weighted by Gasteiger charge is 2.15. The van der Waals surface area contributed by atoms with Crippen molar-refractivity contribution in [1.82, 2.24) is 20.0 Å². The van der Waals surface area contributed by atoms with Crippen LogP contribution >= 0.6 is 0 Å². The molecule has 0 unspecified atom stereocenters. The van der Waals surface area contributed by atoms with E-state index in [0.717, 1.165) is 30.4 Å². The van der Waals surface area contributed by atoms with Crippen LogP contribution in [0.2, 0.25) is 0 Å². The lowest BCUT2D eigenvalue weighted by molar-refractivity contribution is 0.492. The van der Waals surface area contributed by atoms with Gasteiger partial charge < -0.3 is 10.2 Å². The number of aromatic nitrogens is 2. The molecule has 1 saturated heterocycles. The van der Waals surface area contributed by atoms with Crippen LogP contribution in [-0.2, 0) is 6.54 Å². The second kappa shape index (κ2) is 6.43. The molecular weight excluding hydrogens is 262 g/mol. The lowest BCUT2D eigenvalue weighted by atomic mass is 10.3. The first-order valence-electron chi connectivity index (χ1n) is 7.42. The summed E-state index contributed by atoms with van der Waals surface area (Å²) in [6, 6.07) is 12.2. The van der Waals surface area contributed by atoms with Crippen LogP contribution in [-0.4, -0.2) is 40.8 Å². The Hall–Kier alpha value is -2.30. The van der Waals surface area contributed by atoms with E-state index in [1.165, 1.54) is 12.8 Å². The summed E-state index contributed by atoms with van der Waals surface area (Å²) < 4.78 is 1.90. The van der Waals surface area contributed by atoms with Crippen LogP contribution in [0.25, 0.3) is 5.69 Å². The average Bonchev–Trinajstić information content (AvgIpc) is 3.20. The number of likely N-dealkylation sites (tertiary alicyclic amines) is 1. The van der Waals surface area contributed by atoms with Crippen molar-refractivity contribution in [2.24, 2.45) is 4.99 Å². The molecule has 0 aliphatic carbocycles.